The highest BCUT2D eigenvalue weighted by atomic mass is 32.2. The summed E-state index contributed by atoms with van der Waals surface area (Å²) < 4.78 is 5.21. The van der Waals surface area contributed by atoms with Crippen molar-refractivity contribution in [1.29, 1.82) is 0 Å². The zero-order chi connectivity index (χ0) is 14.4. The van der Waals surface area contributed by atoms with Gasteiger partial charge in [0, 0.05) is 5.75 Å². The smallest absolute Gasteiger partial charge is 0.154 e. The average Bonchev–Trinajstić information content (AvgIpc) is 2.96. The Labute approximate surface area is 124 Å². The molecule has 4 heteroatoms. The van der Waals surface area contributed by atoms with Gasteiger partial charge in [-0.25, -0.2) is 0 Å². The molecule has 0 spiro atoms. The van der Waals surface area contributed by atoms with E-state index in [1.165, 1.54) is 11.1 Å². The van der Waals surface area contributed by atoms with Crippen molar-refractivity contribution in [2.75, 3.05) is 0 Å². The molecular weight excluding hydrogens is 268 g/mol. The quantitative estimate of drug-likeness (QED) is 0.664. The number of nitrogens with two attached hydrogens (primary N) is 1. The molecule has 0 saturated heterocycles. The number of amidine groups is 1. The van der Waals surface area contributed by atoms with Crippen LogP contribution in [0.25, 0.3) is 0 Å². The molecule has 0 radical (unpaired) electrons. The van der Waals surface area contributed by atoms with Crippen molar-refractivity contribution in [3.63, 3.8) is 0 Å². The number of aliphatic imine (C=N–C) groups is 1. The topological polar surface area (TPSA) is 51.5 Å². The molecule has 0 saturated carbocycles. The minimum absolute atomic E-state index is 0.498. The highest BCUT2D eigenvalue weighted by Crippen LogP contribution is 2.18. The van der Waals surface area contributed by atoms with Crippen LogP contribution in [0.2, 0.25) is 0 Å². The SMILES string of the molecule is CC(C)c1ccc(CSC(N)=NCc2ccco2)cc1. The van der Waals surface area contributed by atoms with E-state index in [0.717, 1.165) is 11.5 Å². The Morgan fingerprint density at radius 1 is 1.25 bits per heavy atom. The summed E-state index contributed by atoms with van der Waals surface area (Å²) in [6.45, 7) is 4.89. The first-order valence-electron chi connectivity index (χ1n) is 6.69. The number of benzene rings is 1. The van der Waals surface area contributed by atoms with Crippen molar-refractivity contribution in [3.8, 4) is 0 Å². The van der Waals surface area contributed by atoms with Crippen LogP contribution >= 0.6 is 11.8 Å². The maximum Gasteiger partial charge on any atom is 0.154 e. The second-order valence-electron chi connectivity index (χ2n) is 4.92. The van der Waals surface area contributed by atoms with Gasteiger partial charge in [0.15, 0.2) is 5.17 Å². The van der Waals surface area contributed by atoms with Gasteiger partial charge < -0.3 is 10.2 Å². The van der Waals surface area contributed by atoms with E-state index in [9.17, 15) is 0 Å². The van der Waals surface area contributed by atoms with Crippen LogP contribution < -0.4 is 5.73 Å². The van der Waals surface area contributed by atoms with Gasteiger partial charge in [-0.1, -0.05) is 49.9 Å². The largest absolute Gasteiger partial charge is 0.467 e. The lowest BCUT2D eigenvalue weighted by Gasteiger charge is -2.06. The maximum atomic E-state index is 5.89. The van der Waals surface area contributed by atoms with Crippen LogP contribution in [0.3, 0.4) is 0 Å². The molecule has 0 atom stereocenters. The fourth-order valence-corrected chi connectivity index (χ4v) is 2.42. The Balaban J connectivity index is 1.83. The predicted molar refractivity (Wildman–Crippen MR) is 85.9 cm³/mol. The predicted octanol–water partition coefficient (Wildman–Crippen LogP) is 4.15. The van der Waals surface area contributed by atoms with E-state index in [-0.39, 0.29) is 0 Å². The molecule has 2 aromatic rings. The Morgan fingerprint density at radius 3 is 2.60 bits per heavy atom. The molecule has 106 valence electrons. The zero-order valence-corrected chi connectivity index (χ0v) is 12.7. The van der Waals surface area contributed by atoms with Crippen molar-refractivity contribution in [2.45, 2.75) is 32.1 Å². The molecule has 1 heterocycles. The highest BCUT2D eigenvalue weighted by molar-refractivity contribution is 8.13. The molecule has 1 aromatic carbocycles. The van der Waals surface area contributed by atoms with Gasteiger partial charge in [0.1, 0.15) is 5.76 Å². The van der Waals surface area contributed by atoms with E-state index in [1.807, 2.05) is 12.1 Å². The summed E-state index contributed by atoms with van der Waals surface area (Å²) in [7, 11) is 0. The molecule has 0 amide bonds. The Morgan fingerprint density at radius 2 is 2.00 bits per heavy atom. The van der Waals surface area contributed by atoms with Crippen molar-refractivity contribution in [2.24, 2.45) is 10.7 Å². The number of thioether (sulfide) groups is 1. The molecule has 20 heavy (non-hydrogen) atoms. The molecule has 0 bridgehead atoms. The van der Waals surface area contributed by atoms with Gasteiger partial charge in [-0.15, -0.1) is 0 Å². The Bertz CT molecular complexity index is 544. The van der Waals surface area contributed by atoms with Crippen LogP contribution in [0.4, 0.5) is 0 Å². The first kappa shape index (κ1) is 14.7. The van der Waals surface area contributed by atoms with E-state index in [1.54, 1.807) is 18.0 Å². The lowest BCUT2D eigenvalue weighted by atomic mass is 10.0. The van der Waals surface area contributed by atoms with Crippen LogP contribution in [-0.2, 0) is 12.3 Å². The standard InChI is InChI=1S/C16H20N2OS/c1-12(2)14-7-5-13(6-8-14)11-20-16(17)18-10-15-4-3-9-19-15/h3-9,12H,10-11H2,1-2H3,(H2,17,18). The third-order valence-corrected chi connectivity index (χ3v) is 3.91. The lowest BCUT2D eigenvalue weighted by Crippen LogP contribution is -2.07. The summed E-state index contributed by atoms with van der Waals surface area (Å²) >= 11 is 1.55. The Hall–Kier alpha value is -1.68. The van der Waals surface area contributed by atoms with Crippen LogP contribution in [0, 0.1) is 0 Å². The summed E-state index contributed by atoms with van der Waals surface area (Å²) in [5, 5.41) is 0.592. The van der Waals surface area contributed by atoms with E-state index in [2.05, 4.69) is 43.1 Å². The molecule has 0 aliphatic carbocycles. The number of furan rings is 1. The summed E-state index contributed by atoms with van der Waals surface area (Å²) in [5.41, 5.74) is 8.51. The van der Waals surface area contributed by atoms with Gasteiger partial charge in [0.25, 0.3) is 0 Å². The third-order valence-electron chi connectivity index (χ3n) is 3.00. The van der Waals surface area contributed by atoms with Gasteiger partial charge in [-0.3, -0.25) is 4.99 Å². The summed E-state index contributed by atoms with van der Waals surface area (Å²) in [6, 6.07) is 12.4. The van der Waals surface area contributed by atoms with E-state index in [0.29, 0.717) is 17.6 Å². The summed E-state index contributed by atoms with van der Waals surface area (Å²) in [6.07, 6.45) is 1.64. The molecule has 2 rings (SSSR count). The molecule has 0 unspecified atom stereocenters. The van der Waals surface area contributed by atoms with Crippen LogP contribution in [-0.4, -0.2) is 5.17 Å². The molecule has 0 aliphatic rings. The van der Waals surface area contributed by atoms with Crippen molar-refractivity contribution >= 4 is 16.9 Å². The van der Waals surface area contributed by atoms with Crippen LogP contribution in [0.5, 0.6) is 0 Å². The first-order chi connectivity index (χ1) is 9.65. The molecule has 2 N–H and O–H groups in total. The van der Waals surface area contributed by atoms with Gasteiger partial charge >= 0.3 is 0 Å². The normalized spacial score (nSPS) is 12.1. The van der Waals surface area contributed by atoms with Crippen molar-refractivity contribution < 1.29 is 4.42 Å². The van der Waals surface area contributed by atoms with Crippen LogP contribution in [0.15, 0.2) is 52.1 Å². The molecule has 3 nitrogen and oxygen atoms in total. The van der Waals surface area contributed by atoms with Crippen molar-refractivity contribution in [1.82, 2.24) is 0 Å². The number of hydrogen-bond donors (Lipinski definition) is 1. The summed E-state index contributed by atoms with van der Waals surface area (Å²) in [5.74, 6) is 2.23. The maximum absolute atomic E-state index is 5.89. The highest BCUT2D eigenvalue weighted by Gasteiger charge is 2.01. The van der Waals surface area contributed by atoms with Gasteiger partial charge in [-0.2, -0.15) is 0 Å². The average molecular weight is 288 g/mol. The minimum Gasteiger partial charge on any atom is -0.467 e. The van der Waals surface area contributed by atoms with Gasteiger partial charge in [0.05, 0.1) is 12.8 Å². The second kappa shape index (κ2) is 7.20. The number of nitrogens with zero attached hydrogens (tertiary/aromatic N) is 1. The molecule has 0 aliphatic heterocycles. The van der Waals surface area contributed by atoms with Crippen LogP contribution in [0.1, 0.15) is 36.7 Å². The molecule has 1 aromatic heterocycles. The van der Waals surface area contributed by atoms with E-state index < -0.39 is 0 Å². The van der Waals surface area contributed by atoms with Gasteiger partial charge in [0.2, 0.25) is 0 Å². The second-order valence-corrected chi connectivity index (χ2v) is 5.91. The van der Waals surface area contributed by atoms with E-state index >= 15 is 0 Å². The molecule has 0 fully saturated rings. The first-order valence-corrected chi connectivity index (χ1v) is 7.67. The number of hydrogen-bond acceptors (Lipinski definition) is 3. The molecular formula is C16H20N2OS. The fourth-order valence-electron chi connectivity index (χ4n) is 1.76. The zero-order valence-electron chi connectivity index (χ0n) is 11.9. The fraction of sp³-hybridized carbons (Fsp3) is 0.312. The third kappa shape index (κ3) is 4.46. The number of rotatable bonds is 5. The summed E-state index contributed by atoms with van der Waals surface area (Å²) in [4.78, 5) is 4.29. The Kier molecular flexibility index (Phi) is 5.30. The van der Waals surface area contributed by atoms with E-state index in [4.69, 9.17) is 10.2 Å². The minimum atomic E-state index is 0.498. The van der Waals surface area contributed by atoms with Gasteiger partial charge in [-0.05, 0) is 29.2 Å². The van der Waals surface area contributed by atoms with Crippen molar-refractivity contribution in [3.05, 3.63) is 59.5 Å². The lowest BCUT2D eigenvalue weighted by molar-refractivity contribution is 0.513. The monoisotopic (exact) mass is 288 g/mol.